The van der Waals surface area contributed by atoms with Crippen molar-refractivity contribution in [2.45, 2.75) is 13.3 Å². The molecule has 0 fully saturated rings. The number of aliphatic carboxylic acids is 1. The van der Waals surface area contributed by atoms with Crippen molar-refractivity contribution in [1.82, 2.24) is 9.97 Å². The highest BCUT2D eigenvalue weighted by molar-refractivity contribution is 6.32. The van der Waals surface area contributed by atoms with Crippen molar-refractivity contribution in [2.24, 2.45) is 0 Å². The quantitative estimate of drug-likeness (QED) is 0.336. The molecule has 0 amide bonds. The number of aromatic nitrogens is 2. The molecule has 2 aromatic carbocycles. The van der Waals surface area contributed by atoms with E-state index < -0.39 is 5.97 Å². The standard InChI is InChI=1S/C26H21ClN2O2/c1-2-19(20-12-14-28-16-23(20)27)26(22-4-3-5-24-21(22)13-15-29-24)18-9-6-17(7-10-18)8-11-25(30)31/h3-16,29H,2H2,1H3,(H,30,31)/b11-8+,26-19+. The fourth-order valence-corrected chi connectivity index (χ4v) is 4.08. The van der Waals surface area contributed by atoms with Crippen molar-refractivity contribution in [2.75, 3.05) is 0 Å². The van der Waals surface area contributed by atoms with Crippen molar-refractivity contribution >= 4 is 45.7 Å². The third-order valence-electron chi connectivity index (χ3n) is 5.23. The Balaban J connectivity index is 1.97. The van der Waals surface area contributed by atoms with Crippen LogP contribution in [0.1, 0.15) is 35.6 Å². The molecule has 0 radical (unpaired) electrons. The largest absolute Gasteiger partial charge is 0.478 e. The minimum absolute atomic E-state index is 0.610. The number of carboxylic acid groups (broad SMARTS) is 1. The smallest absolute Gasteiger partial charge is 0.328 e. The van der Waals surface area contributed by atoms with E-state index in [1.165, 1.54) is 0 Å². The van der Waals surface area contributed by atoms with Crippen LogP contribution in [0.2, 0.25) is 5.02 Å². The average molecular weight is 429 g/mol. The lowest BCUT2D eigenvalue weighted by atomic mass is 9.87. The number of pyridine rings is 1. The summed E-state index contributed by atoms with van der Waals surface area (Å²) in [7, 11) is 0. The van der Waals surface area contributed by atoms with Gasteiger partial charge in [0.2, 0.25) is 0 Å². The van der Waals surface area contributed by atoms with Gasteiger partial charge in [0.1, 0.15) is 0 Å². The van der Waals surface area contributed by atoms with Crippen LogP contribution in [0, 0.1) is 0 Å². The lowest BCUT2D eigenvalue weighted by Crippen LogP contribution is -1.97. The Hall–Kier alpha value is -3.63. The molecule has 5 heteroatoms. The fraction of sp³-hybridized carbons (Fsp3) is 0.0769. The molecule has 154 valence electrons. The summed E-state index contributed by atoms with van der Waals surface area (Å²) in [6.07, 6.45) is 8.87. The van der Waals surface area contributed by atoms with Gasteiger partial charge in [0.15, 0.2) is 0 Å². The maximum atomic E-state index is 10.8. The van der Waals surface area contributed by atoms with Crippen LogP contribution in [0.25, 0.3) is 28.1 Å². The number of hydrogen-bond acceptors (Lipinski definition) is 2. The van der Waals surface area contributed by atoms with Crippen molar-refractivity contribution in [3.8, 4) is 0 Å². The molecule has 0 aliphatic rings. The highest BCUT2D eigenvalue weighted by Crippen LogP contribution is 2.39. The first-order valence-electron chi connectivity index (χ1n) is 9.99. The molecule has 0 saturated carbocycles. The predicted molar refractivity (Wildman–Crippen MR) is 127 cm³/mol. The fourth-order valence-electron chi connectivity index (χ4n) is 3.85. The third kappa shape index (κ3) is 4.30. The van der Waals surface area contributed by atoms with Gasteiger partial charge in [-0.3, -0.25) is 4.98 Å². The number of fused-ring (bicyclic) bond motifs is 1. The van der Waals surface area contributed by atoms with Crippen LogP contribution < -0.4 is 0 Å². The number of hydrogen-bond donors (Lipinski definition) is 2. The number of halogens is 1. The topological polar surface area (TPSA) is 66.0 Å². The van der Waals surface area contributed by atoms with E-state index in [1.807, 2.05) is 42.6 Å². The van der Waals surface area contributed by atoms with Gasteiger partial charge in [-0.25, -0.2) is 4.79 Å². The summed E-state index contributed by atoms with van der Waals surface area (Å²) in [6, 6.07) is 18.1. The van der Waals surface area contributed by atoms with Gasteiger partial charge in [0.05, 0.1) is 5.02 Å². The number of H-pyrrole nitrogens is 1. The Morgan fingerprint density at radius 3 is 2.61 bits per heavy atom. The molecule has 31 heavy (non-hydrogen) atoms. The molecular weight excluding hydrogens is 408 g/mol. The lowest BCUT2D eigenvalue weighted by molar-refractivity contribution is -0.131. The Morgan fingerprint density at radius 1 is 1.10 bits per heavy atom. The molecule has 0 aliphatic carbocycles. The van der Waals surface area contributed by atoms with Crippen molar-refractivity contribution in [1.29, 1.82) is 0 Å². The zero-order valence-corrected chi connectivity index (χ0v) is 17.7. The molecule has 0 bridgehead atoms. The molecule has 4 aromatic rings. The molecule has 2 N–H and O–H groups in total. The highest BCUT2D eigenvalue weighted by atomic mass is 35.5. The van der Waals surface area contributed by atoms with E-state index in [0.717, 1.165) is 56.8 Å². The van der Waals surface area contributed by atoms with Gasteiger partial charge in [0, 0.05) is 35.6 Å². The number of benzene rings is 2. The third-order valence-corrected chi connectivity index (χ3v) is 5.54. The van der Waals surface area contributed by atoms with Gasteiger partial charge in [-0.1, -0.05) is 54.9 Å². The number of rotatable bonds is 6. The molecule has 0 atom stereocenters. The first-order valence-corrected chi connectivity index (χ1v) is 10.4. The summed E-state index contributed by atoms with van der Waals surface area (Å²) in [5.41, 5.74) is 7.20. The Kier molecular flexibility index (Phi) is 6.01. The van der Waals surface area contributed by atoms with Crippen LogP contribution in [0.3, 0.4) is 0 Å². The molecule has 0 spiro atoms. The first kappa shape index (κ1) is 20.6. The van der Waals surface area contributed by atoms with Crippen LogP contribution in [-0.4, -0.2) is 21.0 Å². The Labute approximate surface area is 185 Å². The summed E-state index contributed by atoms with van der Waals surface area (Å²) in [5, 5.41) is 10.6. The number of carbonyl (C=O) groups is 1. The van der Waals surface area contributed by atoms with Crippen LogP contribution >= 0.6 is 11.6 Å². The van der Waals surface area contributed by atoms with Gasteiger partial charge in [-0.05, 0) is 64.1 Å². The van der Waals surface area contributed by atoms with Gasteiger partial charge in [-0.15, -0.1) is 0 Å². The van der Waals surface area contributed by atoms with Crippen molar-refractivity contribution in [3.63, 3.8) is 0 Å². The number of aromatic amines is 1. The number of nitrogens with zero attached hydrogens (tertiary/aromatic N) is 1. The van der Waals surface area contributed by atoms with E-state index in [2.05, 4.69) is 35.1 Å². The maximum absolute atomic E-state index is 10.8. The average Bonchev–Trinajstić information content (AvgIpc) is 3.26. The summed E-state index contributed by atoms with van der Waals surface area (Å²) < 4.78 is 0. The minimum atomic E-state index is -0.968. The van der Waals surface area contributed by atoms with Gasteiger partial charge >= 0.3 is 5.97 Å². The van der Waals surface area contributed by atoms with E-state index in [9.17, 15) is 4.79 Å². The molecular formula is C26H21ClN2O2. The predicted octanol–water partition coefficient (Wildman–Crippen LogP) is 6.68. The van der Waals surface area contributed by atoms with Gasteiger partial charge in [-0.2, -0.15) is 0 Å². The molecule has 0 unspecified atom stereocenters. The van der Waals surface area contributed by atoms with E-state index in [-0.39, 0.29) is 0 Å². The zero-order valence-electron chi connectivity index (χ0n) is 17.0. The monoisotopic (exact) mass is 428 g/mol. The van der Waals surface area contributed by atoms with Crippen LogP contribution in [0.15, 0.2) is 79.3 Å². The highest BCUT2D eigenvalue weighted by Gasteiger charge is 2.17. The molecule has 4 rings (SSSR count). The van der Waals surface area contributed by atoms with Gasteiger partial charge < -0.3 is 10.1 Å². The van der Waals surface area contributed by atoms with Crippen LogP contribution in [-0.2, 0) is 4.79 Å². The van der Waals surface area contributed by atoms with Crippen LogP contribution in [0.5, 0.6) is 0 Å². The summed E-state index contributed by atoms with van der Waals surface area (Å²) in [6.45, 7) is 2.12. The van der Waals surface area contributed by atoms with Crippen molar-refractivity contribution < 1.29 is 9.90 Å². The summed E-state index contributed by atoms with van der Waals surface area (Å²) in [4.78, 5) is 18.3. The SMILES string of the molecule is CC/C(=C(/c1ccc(/C=C/C(=O)O)cc1)c1cccc2[nH]ccc12)c1ccncc1Cl. The second-order valence-corrected chi connectivity index (χ2v) is 7.51. The Bertz CT molecular complexity index is 1300. The molecule has 2 aromatic heterocycles. The van der Waals surface area contributed by atoms with E-state index >= 15 is 0 Å². The summed E-state index contributed by atoms with van der Waals surface area (Å²) in [5.74, 6) is -0.968. The molecule has 2 heterocycles. The maximum Gasteiger partial charge on any atom is 0.328 e. The normalized spacial score (nSPS) is 12.3. The second kappa shape index (κ2) is 9.02. The zero-order chi connectivity index (χ0) is 21.8. The van der Waals surface area contributed by atoms with E-state index in [4.69, 9.17) is 16.7 Å². The second-order valence-electron chi connectivity index (χ2n) is 7.10. The van der Waals surface area contributed by atoms with Gasteiger partial charge in [0.25, 0.3) is 0 Å². The lowest BCUT2D eigenvalue weighted by Gasteiger charge is -2.18. The number of carboxylic acids is 1. The van der Waals surface area contributed by atoms with E-state index in [1.54, 1.807) is 18.5 Å². The number of allylic oxidation sites excluding steroid dienone is 1. The van der Waals surface area contributed by atoms with Crippen molar-refractivity contribution in [3.05, 3.63) is 107 Å². The first-order chi connectivity index (χ1) is 15.1. The summed E-state index contributed by atoms with van der Waals surface area (Å²) >= 11 is 6.54. The van der Waals surface area contributed by atoms with Crippen LogP contribution in [0.4, 0.5) is 0 Å². The molecule has 0 aliphatic heterocycles. The molecule has 0 saturated heterocycles. The van der Waals surface area contributed by atoms with E-state index in [0.29, 0.717) is 5.02 Å². The number of nitrogens with one attached hydrogen (secondary N) is 1. The minimum Gasteiger partial charge on any atom is -0.478 e. The molecule has 4 nitrogen and oxygen atoms in total. The Morgan fingerprint density at radius 2 is 1.90 bits per heavy atom.